The van der Waals surface area contributed by atoms with Gasteiger partial charge < -0.3 is 9.47 Å². The van der Waals surface area contributed by atoms with E-state index in [0.717, 1.165) is 0 Å². The Morgan fingerprint density at radius 1 is 0.186 bits per heavy atom. The van der Waals surface area contributed by atoms with E-state index in [-0.39, 0.29) is 11.1 Å². The molecule has 86 heavy (non-hydrogen) atoms. The lowest BCUT2D eigenvalue weighted by Gasteiger charge is -2.45. The standard InChI is InChI=1S/C38H16F46O2/c39-17(40,19(43,44)21(47,48)23(51,52)25(55,56)27(59,60)29(63,64)31(67,68)33(71,72)35(75,76)37(79,80)81)11-85-9-13-1-5-15(6-2-13)16-7-3-14(4-8-16)10-86-12-18(41,42)20(45,46)22(49,50)24(53,54)26(57,58)28(61,62)30(65,66)32(69,70)34(73,74)36(77,78)38(82,83)84/h1-8H,9-12H2. The third kappa shape index (κ3) is 10.6. The summed E-state index contributed by atoms with van der Waals surface area (Å²) in [5.41, 5.74) is -2.03. The predicted octanol–water partition coefficient (Wildman–Crippen LogP) is 18.2. The topological polar surface area (TPSA) is 18.5 Å². The normalized spacial score (nSPS) is 16.3. The smallest absolute Gasteiger partial charge is 0.370 e. The highest BCUT2D eigenvalue weighted by Gasteiger charge is 3.01. The number of hydrogen-bond donors (Lipinski definition) is 0. The van der Waals surface area contributed by atoms with Gasteiger partial charge in [-0.3, -0.25) is 0 Å². The van der Waals surface area contributed by atoms with E-state index < -0.39 is 168 Å². The van der Waals surface area contributed by atoms with E-state index in [4.69, 9.17) is 0 Å². The van der Waals surface area contributed by atoms with E-state index in [1.165, 1.54) is 0 Å². The fourth-order valence-corrected chi connectivity index (χ4v) is 5.94. The van der Waals surface area contributed by atoms with Crippen molar-refractivity contribution in [2.75, 3.05) is 13.2 Å². The number of halogens is 46. The number of rotatable bonds is 27. The minimum absolute atomic E-state index is 0.287. The van der Waals surface area contributed by atoms with Gasteiger partial charge in [-0.2, -0.15) is 202 Å². The predicted molar refractivity (Wildman–Crippen MR) is 182 cm³/mol. The summed E-state index contributed by atoms with van der Waals surface area (Å²) < 4.78 is 636. The highest BCUT2D eigenvalue weighted by molar-refractivity contribution is 5.64. The zero-order valence-electron chi connectivity index (χ0n) is 38.7. The van der Waals surface area contributed by atoms with Gasteiger partial charge >= 0.3 is 131 Å². The lowest BCUT2D eigenvalue weighted by atomic mass is 9.85. The molecule has 502 valence electrons. The minimum Gasteiger partial charge on any atom is -0.370 e. The fourth-order valence-electron chi connectivity index (χ4n) is 5.94. The van der Waals surface area contributed by atoms with Crippen LogP contribution in [0.5, 0.6) is 0 Å². The molecule has 0 radical (unpaired) electrons. The molecule has 0 fully saturated rings. The number of alkyl halides is 46. The molecule has 0 saturated heterocycles. The van der Waals surface area contributed by atoms with E-state index in [1.807, 2.05) is 0 Å². The van der Waals surface area contributed by atoms with Crippen LogP contribution in [-0.2, 0) is 22.7 Å². The molecule has 0 atom stereocenters. The molecule has 0 heterocycles. The molecule has 48 heteroatoms. The van der Waals surface area contributed by atoms with Gasteiger partial charge in [0.15, 0.2) is 0 Å². The second kappa shape index (κ2) is 21.4. The van der Waals surface area contributed by atoms with Crippen LogP contribution in [-0.4, -0.2) is 144 Å². The van der Waals surface area contributed by atoms with Gasteiger partial charge in [0, 0.05) is 0 Å². The van der Waals surface area contributed by atoms with Crippen LogP contribution < -0.4 is 0 Å². The van der Waals surface area contributed by atoms with E-state index >= 15 is 0 Å². The SMILES string of the molecule is FC(F)(F)C(F)(F)C(F)(F)C(F)(F)C(F)(F)C(F)(F)C(F)(F)C(F)(F)C(F)(F)C(F)(F)C(F)(F)COCc1ccc(-c2ccc(COCC(F)(F)C(F)(F)C(F)(F)C(F)(F)C(F)(F)C(F)(F)C(F)(F)C(F)(F)C(F)(F)C(F)(F)C(F)(F)F)cc2)cc1. The molecule has 0 spiro atoms. The molecule has 0 bridgehead atoms. The van der Waals surface area contributed by atoms with Crippen LogP contribution in [0, 0.1) is 0 Å². The summed E-state index contributed by atoms with van der Waals surface area (Å²) in [6.45, 7) is -10.5. The van der Waals surface area contributed by atoms with Crippen molar-refractivity contribution in [3.63, 3.8) is 0 Å². The van der Waals surface area contributed by atoms with Gasteiger partial charge in [-0.15, -0.1) is 0 Å². The van der Waals surface area contributed by atoms with Crippen molar-refractivity contribution in [2.24, 2.45) is 0 Å². The largest absolute Gasteiger partial charge is 0.460 e. The molecule has 2 nitrogen and oxygen atoms in total. The third-order valence-corrected chi connectivity index (χ3v) is 11.3. The molecule has 0 amide bonds. The van der Waals surface area contributed by atoms with Gasteiger partial charge in [0.1, 0.15) is 13.2 Å². The molecule has 2 rings (SSSR count). The summed E-state index contributed by atoms with van der Waals surface area (Å²) in [5, 5.41) is 0. The number of benzene rings is 2. The summed E-state index contributed by atoms with van der Waals surface area (Å²) in [6.07, 6.45) is -16.5. The van der Waals surface area contributed by atoms with E-state index in [2.05, 4.69) is 9.47 Å². The van der Waals surface area contributed by atoms with Crippen LogP contribution in [0.2, 0.25) is 0 Å². The van der Waals surface area contributed by atoms with Crippen molar-refractivity contribution in [1.29, 1.82) is 0 Å². The zero-order valence-corrected chi connectivity index (χ0v) is 38.7. The maximum absolute atomic E-state index is 14.3. The Bertz CT molecular complexity index is 2470. The summed E-state index contributed by atoms with van der Waals surface area (Å²) in [6, 6.07) is 4.98. The van der Waals surface area contributed by atoms with Gasteiger partial charge in [0.2, 0.25) is 0 Å². The first kappa shape index (κ1) is 77.2. The Labute approximate surface area is 440 Å². The van der Waals surface area contributed by atoms with Gasteiger partial charge in [-0.1, -0.05) is 48.5 Å². The lowest BCUT2D eigenvalue weighted by Crippen LogP contribution is -2.77. The molecular weight excluding hydrogens is 1360 g/mol. The Hall–Kier alpha value is -4.86. The maximum Gasteiger partial charge on any atom is 0.460 e. The second-order valence-corrected chi connectivity index (χ2v) is 17.1. The van der Waals surface area contributed by atoms with E-state index in [9.17, 15) is 202 Å². The van der Waals surface area contributed by atoms with Crippen molar-refractivity contribution >= 4 is 0 Å². The third-order valence-electron chi connectivity index (χ3n) is 11.3. The van der Waals surface area contributed by atoms with E-state index in [0.29, 0.717) is 48.5 Å². The average Bonchev–Trinajstić information content (AvgIpc) is 0.709. The monoisotopic (exact) mass is 1380 g/mol. The van der Waals surface area contributed by atoms with Crippen molar-refractivity contribution in [3.8, 4) is 11.1 Å². The molecular formula is C38H16F46O2. The van der Waals surface area contributed by atoms with Crippen LogP contribution in [0.4, 0.5) is 202 Å². The van der Waals surface area contributed by atoms with Gasteiger partial charge in [-0.25, -0.2) is 0 Å². The Kier molecular flexibility index (Phi) is 19.2. The Balaban J connectivity index is 2.30. The van der Waals surface area contributed by atoms with Crippen molar-refractivity contribution < 1.29 is 211 Å². The quantitative estimate of drug-likeness (QED) is 0.0830. The van der Waals surface area contributed by atoms with Crippen LogP contribution >= 0.6 is 0 Å². The van der Waals surface area contributed by atoms with Crippen molar-refractivity contribution in [1.82, 2.24) is 0 Å². The molecule has 0 N–H and O–H groups in total. The molecule has 0 aliphatic carbocycles. The highest BCUT2D eigenvalue weighted by atomic mass is 19.5. The fraction of sp³-hybridized carbons (Fsp3) is 0.684. The molecule has 0 unspecified atom stereocenters. The lowest BCUT2D eigenvalue weighted by molar-refractivity contribution is -0.479. The molecule has 0 aromatic heterocycles. The zero-order chi connectivity index (χ0) is 69.2. The molecule has 0 aliphatic rings. The van der Waals surface area contributed by atoms with Crippen LogP contribution in [0.25, 0.3) is 11.1 Å². The van der Waals surface area contributed by atoms with Crippen LogP contribution in [0.1, 0.15) is 11.1 Å². The van der Waals surface area contributed by atoms with Crippen LogP contribution in [0.3, 0.4) is 0 Å². The molecule has 0 aliphatic heterocycles. The first-order chi connectivity index (χ1) is 37.1. The maximum atomic E-state index is 14.3. The molecule has 0 saturated carbocycles. The summed E-state index contributed by atoms with van der Waals surface area (Å²) >= 11 is 0. The van der Waals surface area contributed by atoms with Crippen LogP contribution in [0.15, 0.2) is 48.5 Å². The number of hydrogen-bond acceptors (Lipinski definition) is 2. The first-order valence-corrected chi connectivity index (χ1v) is 20.2. The van der Waals surface area contributed by atoms with Crippen molar-refractivity contribution in [3.05, 3.63) is 59.7 Å². The highest BCUT2D eigenvalue weighted by Crippen LogP contribution is 2.70. The minimum atomic E-state index is -9.65. The van der Waals surface area contributed by atoms with E-state index in [1.54, 1.807) is 0 Å². The van der Waals surface area contributed by atoms with Gasteiger partial charge in [-0.05, 0) is 22.3 Å². The summed E-state index contributed by atoms with van der Waals surface area (Å²) in [5.74, 6) is -181. The number of ether oxygens (including phenoxy) is 2. The van der Waals surface area contributed by atoms with Gasteiger partial charge in [0.25, 0.3) is 0 Å². The molecule has 2 aromatic rings. The summed E-state index contributed by atoms with van der Waals surface area (Å²) in [4.78, 5) is 0. The van der Waals surface area contributed by atoms with Gasteiger partial charge in [0.05, 0.1) is 13.2 Å². The Morgan fingerprint density at radius 2 is 0.326 bits per heavy atom. The van der Waals surface area contributed by atoms with Crippen molar-refractivity contribution in [2.45, 2.75) is 144 Å². The average molecular weight is 1380 g/mol. The Morgan fingerprint density at radius 3 is 0.477 bits per heavy atom. The molecule has 2 aromatic carbocycles. The first-order valence-electron chi connectivity index (χ1n) is 20.2. The second-order valence-electron chi connectivity index (χ2n) is 17.1. The summed E-state index contributed by atoms with van der Waals surface area (Å²) in [7, 11) is 0.